The zero-order valence-electron chi connectivity index (χ0n) is 24.7. The molecule has 1 fully saturated rings. The molecule has 1 aliphatic carbocycles. The number of halogens is 3. The van der Waals surface area contributed by atoms with E-state index < -0.39 is 45.1 Å². The van der Waals surface area contributed by atoms with E-state index in [2.05, 4.69) is 23.0 Å². The Hall–Kier alpha value is -2.63. The lowest BCUT2D eigenvalue weighted by Crippen LogP contribution is -2.51. The molecule has 8 nitrogen and oxygen atoms in total. The zero-order chi connectivity index (χ0) is 31.0. The Morgan fingerprint density at radius 3 is 2.10 bits per heavy atom. The van der Waals surface area contributed by atoms with Crippen LogP contribution in [-0.2, 0) is 23.8 Å². The largest absolute Gasteiger partial charge is 0.534 e. The summed E-state index contributed by atoms with van der Waals surface area (Å²) in [5.41, 5.74) is -6.16. The maximum Gasteiger partial charge on any atom is 0.534 e. The zero-order valence-corrected chi connectivity index (χ0v) is 25.6. The van der Waals surface area contributed by atoms with Gasteiger partial charge in [0.2, 0.25) is 0 Å². The van der Waals surface area contributed by atoms with Crippen LogP contribution in [0, 0.1) is 17.3 Å². The van der Waals surface area contributed by atoms with Crippen LogP contribution in [0.1, 0.15) is 109 Å². The smallest absolute Gasteiger partial charge is 0.459 e. The third kappa shape index (κ3) is 7.61. The number of aliphatic imine (C=N–C) groups is 1. The predicted octanol–water partition coefficient (Wildman–Crippen LogP) is 6.77. The molecular formula is C29H41F3N2O6S. The molecule has 1 saturated carbocycles. The van der Waals surface area contributed by atoms with Crippen LogP contribution < -0.4 is 0 Å². The van der Waals surface area contributed by atoms with Crippen LogP contribution in [0.2, 0.25) is 0 Å². The van der Waals surface area contributed by atoms with Gasteiger partial charge >= 0.3 is 27.5 Å². The summed E-state index contributed by atoms with van der Waals surface area (Å²) in [6.07, 6.45) is 2.78. The fraction of sp³-hybridized carbons (Fsp3) is 0.690. The van der Waals surface area contributed by atoms with Crippen LogP contribution in [0.15, 0.2) is 29.3 Å². The van der Waals surface area contributed by atoms with Crippen LogP contribution in [0.5, 0.6) is 0 Å². The Morgan fingerprint density at radius 1 is 1.07 bits per heavy atom. The van der Waals surface area contributed by atoms with Crippen LogP contribution in [0.4, 0.5) is 13.2 Å². The Kier molecular flexibility index (Phi) is 9.57. The van der Waals surface area contributed by atoms with Gasteiger partial charge in [-0.2, -0.15) is 21.6 Å². The second-order valence-corrected chi connectivity index (χ2v) is 14.4. The predicted molar refractivity (Wildman–Crippen MR) is 148 cm³/mol. The molecule has 0 saturated heterocycles. The fourth-order valence-electron chi connectivity index (χ4n) is 5.48. The first-order valence-electron chi connectivity index (χ1n) is 14.0. The highest BCUT2D eigenvalue weighted by molar-refractivity contribution is 7.88. The molecule has 3 rings (SSSR count). The summed E-state index contributed by atoms with van der Waals surface area (Å²) in [4.78, 5) is 32.0. The number of ether oxygens (including phenoxy) is 1. The maximum absolute atomic E-state index is 13.8. The maximum atomic E-state index is 13.8. The highest BCUT2D eigenvalue weighted by Crippen LogP contribution is 2.48. The topological polar surface area (TPSA) is 102 Å². The van der Waals surface area contributed by atoms with Gasteiger partial charge in [0.1, 0.15) is 5.66 Å². The highest BCUT2D eigenvalue weighted by atomic mass is 32.2. The molecule has 41 heavy (non-hydrogen) atoms. The summed E-state index contributed by atoms with van der Waals surface area (Å²) in [5, 5.41) is 0. The van der Waals surface area contributed by atoms with E-state index in [0.29, 0.717) is 61.5 Å². The number of nitrogens with zero attached hydrogens (tertiary/aromatic N) is 2. The monoisotopic (exact) mass is 602 g/mol. The number of alkyl halides is 3. The van der Waals surface area contributed by atoms with Crippen molar-refractivity contribution in [1.29, 1.82) is 0 Å². The van der Waals surface area contributed by atoms with E-state index in [1.54, 1.807) is 38.1 Å². The van der Waals surface area contributed by atoms with Crippen molar-refractivity contribution in [3.8, 4) is 0 Å². The Balaban J connectivity index is 2.08. The number of carbonyl (C=O) groups excluding carboxylic acids is 2. The Labute approximate surface area is 240 Å². The molecule has 1 spiro atoms. The lowest BCUT2D eigenvalue weighted by molar-refractivity contribution is -0.134. The van der Waals surface area contributed by atoms with Crippen molar-refractivity contribution in [2.75, 3.05) is 0 Å². The standard InChI is InChI=1S/C29H41F3N2O6S/c1-18(2)20-12-16-28(17-13-20)33-24(40-41(37,38)29(30,31)32)25(35)34(28)23(14-15-27(5,6)7)21-8-10-22(11-9-21)26(36)39-19(3)4/h8-11,18-20,23H,12-17H2,1-7H3/t20?,23-,28?/m1/s1. The Bertz CT molecular complexity index is 1240. The average Bonchev–Trinajstić information content (AvgIpc) is 3.08. The summed E-state index contributed by atoms with van der Waals surface area (Å²) in [5.74, 6) is -1.88. The number of hydrogen-bond donors (Lipinski definition) is 0. The number of amides is 1. The summed E-state index contributed by atoms with van der Waals surface area (Å²) in [7, 11) is -6.10. The molecule has 0 radical (unpaired) electrons. The van der Waals surface area contributed by atoms with Gasteiger partial charge in [-0.3, -0.25) is 4.79 Å². The van der Waals surface area contributed by atoms with Crippen molar-refractivity contribution in [3.05, 3.63) is 35.4 Å². The molecule has 12 heteroatoms. The molecule has 1 aromatic rings. The third-order valence-corrected chi connectivity index (χ3v) is 8.70. The summed E-state index contributed by atoms with van der Waals surface area (Å²) in [6, 6.07) is 5.89. The Morgan fingerprint density at radius 2 is 1.63 bits per heavy atom. The number of esters is 1. The van der Waals surface area contributed by atoms with Crippen molar-refractivity contribution in [3.63, 3.8) is 0 Å². The van der Waals surface area contributed by atoms with Crippen LogP contribution >= 0.6 is 0 Å². The molecule has 2 aliphatic rings. The van der Waals surface area contributed by atoms with Gasteiger partial charge in [0.25, 0.3) is 5.90 Å². The summed E-state index contributed by atoms with van der Waals surface area (Å²) >= 11 is 0. The average molecular weight is 603 g/mol. The molecule has 1 atom stereocenters. The molecule has 1 heterocycles. The minimum atomic E-state index is -6.10. The quantitative estimate of drug-likeness (QED) is 0.185. The number of rotatable bonds is 8. The van der Waals surface area contributed by atoms with E-state index in [4.69, 9.17) is 4.74 Å². The van der Waals surface area contributed by atoms with Gasteiger partial charge in [0.15, 0.2) is 0 Å². The van der Waals surface area contributed by atoms with Crippen LogP contribution in [0.25, 0.3) is 0 Å². The van der Waals surface area contributed by atoms with E-state index >= 15 is 0 Å². The van der Waals surface area contributed by atoms with Gasteiger partial charge in [-0.05, 0) is 87.3 Å². The number of benzene rings is 1. The molecule has 0 unspecified atom stereocenters. The van der Waals surface area contributed by atoms with E-state index in [-0.39, 0.29) is 11.5 Å². The number of carbonyl (C=O) groups is 2. The second-order valence-electron chi connectivity index (χ2n) is 12.8. The minimum absolute atomic E-state index is 0.149. The molecule has 0 bridgehead atoms. The van der Waals surface area contributed by atoms with Crippen molar-refractivity contribution in [2.45, 2.75) is 110 Å². The molecule has 0 aromatic heterocycles. The van der Waals surface area contributed by atoms with Crippen molar-refractivity contribution in [1.82, 2.24) is 4.90 Å². The van der Waals surface area contributed by atoms with Gasteiger partial charge in [0.05, 0.1) is 17.7 Å². The van der Waals surface area contributed by atoms with Crippen molar-refractivity contribution >= 4 is 27.9 Å². The van der Waals surface area contributed by atoms with Crippen molar-refractivity contribution < 1.29 is 40.1 Å². The van der Waals surface area contributed by atoms with Gasteiger partial charge in [-0.1, -0.05) is 46.8 Å². The minimum Gasteiger partial charge on any atom is -0.459 e. The summed E-state index contributed by atoms with van der Waals surface area (Å²) in [6.45, 7) is 13.7. The second kappa shape index (κ2) is 11.9. The first kappa shape index (κ1) is 32.9. The van der Waals surface area contributed by atoms with E-state index in [1.165, 1.54) is 4.90 Å². The molecule has 1 amide bonds. The van der Waals surface area contributed by atoms with E-state index in [1.807, 2.05) is 20.8 Å². The third-order valence-electron chi connectivity index (χ3n) is 7.76. The van der Waals surface area contributed by atoms with Crippen LogP contribution in [-0.4, -0.2) is 48.4 Å². The molecule has 0 N–H and O–H groups in total. The van der Waals surface area contributed by atoms with Gasteiger partial charge in [0, 0.05) is 0 Å². The van der Waals surface area contributed by atoms with Crippen molar-refractivity contribution in [2.24, 2.45) is 22.2 Å². The normalized spacial score (nSPS) is 22.8. The number of hydrogen-bond acceptors (Lipinski definition) is 7. The molecule has 1 aliphatic heterocycles. The first-order chi connectivity index (χ1) is 18.8. The molecular weight excluding hydrogens is 561 g/mol. The first-order valence-corrected chi connectivity index (χ1v) is 15.4. The van der Waals surface area contributed by atoms with Gasteiger partial charge in [-0.25, -0.2) is 9.79 Å². The van der Waals surface area contributed by atoms with Crippen LogP contribution in [0.3, 0.4) is 0 Å². The molecule has 230 valence electrons. The SMILES string of the molecule is CC(C)OC(=O)c1ccc([C@@H](CCC(C)(C)C)N2C(=O)C(OS(=O)(=O)C(F)(F)F)=NC23CCC(C(C)C)CC3)cc1. The van der Waals surface area contributed by atoms with Gasteiger partial charge < -0.3 is 13.8 Å². The van der Waals surface area contributed by atoms with Gasteiger partial charge in [-0.15, -0.1) is 0 Å². The molecule has 1 aromatic carbocycles. The van der Waals surface area contributed by atoms with E-state index in [0.717, 1.165) is 0 Å². The lowest BCUT2D eigenvalue weighted by Gasteiger charge is -2.46. The highest BCUT2D eigenvalue weighted by Gasteiger charge is 2.56. The fourth-order valence-corrected chi connectivity index (χ4v) is 5.89. The summed E-state index contributed by atoms with van der Waals surface area (Å²) < 4.78 is 73.1. The van der Waals surface area contributed by atoms with E-state index in [9.17, 15) is 31.2 Å². The lowest BCUT2D eigenvalue weighted by atomic mass is 9.75.